The molecule has 3 heteroatoms. The first kappa shape index (κ1) is 15.0. The normalized spacial score (nSPS) is 12.8. The Morgan fingerprint density at radius 3 is 2.28 bits per heavy atom. The standard InChI is InChI=1S/C15H25FN2/c1-14(2,3)10-15(4,5)18-9-11-6-7-12(17)8-13(11)16/h6-8,18H,9-10,17H2,1-5H3. The topological polar surface area (TPSA) is 38.0 Å². The van der Waals surface area contributed by atoms with E-state index in [-0.39, 0.29) is 16.8 Å². The van der Waals surface area contributed by atoms with Gasteiger partial charge in [0.25, 0.3) is 0 Å². The van der Waals surface area contributed by atoms with E-state index in [0.29, 0.717) is 17.8 Å². The van der Waals surface area contributed by atoms with Gasteiger partial charge < -0.3 is 11.1 Å². The summed E-state index contributed by atoms with van der Waals surface area (Å²) in [5.41, 5.74) is 6.88. The van der Waals surface area contributed by atoms with Crippen LogP contribution in [0.15, 0.2) is 18.2 Å². The molecule has 0 heterocycles. The van der Waals surface area contributed by atoms with Gasteiger partial charge in [-0.25, -0.2) is 4.39 Å². The van der Waals surface area contributed by atoms with Gasteiger partial charge in [-0.05, 0) is 37.8 Å². The van der Waals surface area contributed by atoms with Crippen molar-refractivity contribution in [3.8, 4) is 0 Å². The molecule has 1 aromatic rings. The minimum Gasteiger partial charge on any atom is -0.399 e. The Bertz CT molecular complexity index is 405. The fraction of sp³-hybridized carbons (Fsp3) is 0.600. The van der Waals surface area contributed by atoms with E-state index in [4.69, 9.17) is 5.73 Å². The number of nitrogen functional groups attached to an aromatic ring is 1. The predicted molar refractivity (Wildman–Crippen MR) is 75.8 cm³/mol. The minimum absolute atomic E-state index is 0.0217. The largest absolute Gasteiger partial charge is 0.399 e. The number of anilines is 1. The summed E-state index contributed by atoms with van der Waals surface area (Å²) in [5, 5.41) is 3.41. The van der Waals surface area contributed by atoms with Gasteiger partial charge in [0.2, 0.25) is 0 Å². The fourth-order valence-electron chi connectivity index (χ4n) is 2.43. The van der Waals surface area contributed by atoms with Crippen molar-refractivity contribution in [1.29, 1.82) is 0 Å². The van der Waals surface area contributed by atoms with Crippen LogP contribution in [-0.2, 0) is 6.54 Å². The van der Waals surface area contributed by atoms with E-state index in [2.05, 4.69) is 39.9 Å². The third kappa shape index (κ3) is 5.05. The zero-order chi connectivity index (χ0) is 14.0. The molecule has 0 saturated carbocycles. The van der Waals surface area contributed by atoms with E-state index in [0.717, 1.165) is 6.42 Å². The molecule has 0 aromatic heterocycles. The summed E-state index contributed by atoms with van der Waals surface area (Å²) in [4.78, 5) is 0. The van der Waals surface area contributed by atoms with Crippen LogP contribution < -0.4 is 11.1 Å². The molecule has 0 unspecified atom stereocenters. The molecule has 0 saturated heterocycles. The van der Waals surface area contributed by atoms with E-state index in [1.807, 2.05) is 0 Å². The number of benzene rings is 1. The lowest BCUT2D eigenvalue weighted by Crippen LogP contribution is -2.42. The lowest BCUT2D eigenvalue weighted by atomic mass is 9.82. The van der Waals surface area contributed by atoms with Crippen molar-refractivity contribution in [3.05, 3.63) is 29.6 Å². The van der Waals surface area contributed by atoms with Crippen LogP contribution in [0.25, 0.3) is 0 Å². The summed E-state index contributed by atoms with van der Waals surface area (Å²) in [7, 11) is 0. The first-order valence-corrected chi connectivity index (χ1v) is 6.38. The molecule has 0 aliphatic carbocycles. The van der Waals surface area contributed by atoms with Crippen LogP contribution in [-0.4, -0.2) is 5.54 Å². The zero-order valence-electron chi connectivity index (χ0n) is 12.1. The van der Waals surface area contributed by atoms with Gasteiger partial charge in [-0.1, -0.05) is 26.8 Å². The Morgan fingerprint density at radius 1 is 1.17 bits per heavy atom. The molecule has 102 valence electrons. The summed E-state index contributed by atoms with van der Waals surface area (Å²) >= 11 is 0. The monoisotopic (exact) mass is 252 g/mol. The summed E-state index contributed by atoms with van der Waals surface area (Å²) in [6.07, 6.45) is 1.02. The Hall–Kier alpha value is -1.09. The Kier molecular flexibility index (Phi) is 4.38. The number of hydrogen-bond donors (Lipinski definition) is 2. The Morgan fingerprint density at radius 2 is 1.78 bits per heavy atom. The number of hydrogen-bond acceptors (Lipinski definition) is 2. The van der Waals surface area contributed by atoms with Crippen molar-refractivity contribution < 1.29 is 4.39 Å². The first-order valence-electron chi connectivity index (χ1n) is 6.38. The number of rotatable bonds is 4. The minimum atomic E-state index is -0.242. The number of halogens is 1. The molecular formula is C15H25FN2. The van der Waals surface area contributed by atoms with E-state index in [1.54, 1.807) is 12.1 Å². The van der Waals surface area contributed by atoms with Gasteiger partial charge in [0.1, 0.15) is 5.82 Å². The average molecular weight is 252 g/mol. The molecule has 0 amide bonds. The molecule has 1 rings (SSSR count). The van der Waals surface area contributed by atoms with Crippen LogP contribution >= 0.6 is 0 Å². The van der Waals surface area contributed by atoms with Gasteiger partial charge in [-0.15, -0.1) is 0 Å². The Labute approximate surface area is 110 Å². The quantitative estimate of drug-likeness (QED) is 0.802. The van der Waals surface area contributed by atoms with Gasteiger partial charge in [0, 0.05) is 23.3 Å². The fourth-order valence-corrected chi connectivity index (χ4v) is 2.43. The molecule has 2 nitrogen and oxygen atoms in total. The predicted octanol–water partition coefficient (Wildman–Crippen LogP) is 3.71. The molecule has 3 N–H and O–H groups in total. The number of nitrogens with one attached hydrogen (secondary N) is 1. The average Bonchev–Trinajstić information content (AvgIpc) is 2.12. The SMILES string of the molecule is CC(C)(C)CC(C)(C)NCc1ccc(N)cc1F. The third-order valence-corrected chi connectivity index (χ3v) is 2.81. The van der Waals surface area contributed by atoms with Gasteiger partial charge in [-0.3, -0.25) is 0 Å². The molecule has 0 spiro atoms. The Balaban J connectivity index is 2.64. The maximum absolute atomic E-state index is 13.6. The second-order valence-corrected chi connectivity index (χ2v) is 6.83. The van der Waals surface area contributed by atoms with E-state index < -0.39 is 0 Å². The van der Waals surface area contributed by atoms with Crippen molar-refractivity contribution in [2.45, 2.75) is 53.1 Å². The van der Waals surface area contributed by atoms with Crippen molar-refractivity contribution in [2.24, 2.45) is 5.41 Å². The summed E-state index contributed by atoms with van der Waals surface area (Å²) in [6, 6.07) is 4.84. The van der Waals surface area contributed by atoms with Crippen LogP contribution in [0.4, 0.5) is 10.1 Å². The van der Waals surface area contributed by atoms with Gasteiger partial charge in [0.05, 0.1) is 0 Å². The summed E-state index contributed by atoms with van der Waals surface area (Å²) in [5.74, 6) is -0.242. The molecule has 0 fully saturated rings. The first-order chi connectivity index (χ1) is 8.09. The highest BCUT2D eigenvalue weighted by molar-refractivity contribution is 5.40. The van der Waals surface area contributed by atoms with E-state index >= 15 is 0 Å². The van der Waals surface area contributed by atoms with Gasteiger partial charge >= 0.3 is 0 Å². The smallest absolute Gasteiger partial charge is 0.129 e. The van der Waals surface area contributed by atoms with E-state index in [9.17, 15) is 4.39 Å². The highest BCUT2D eigenvalue weighted by Gasteiger charge is 2.24. The van der Waals surface area contributed by atoms with Gasteiger partial charge in [0.15, 0.2) is 0 Å². The number of nitrogens with two attached hydrogens (primary N) is 1. The van der Waals surface area contributed by atoms with Crippen LogP contribution in [0, 0.1) is 11.2 Å². The molecule has 18 heavy (non-hydrogen) atoms. The molecule has 0 atom stereocenters. The second kappa shape index (κ2) is 5.27. The second-order valence-electron chi connectivity index (χ2n) is 6.83. The lowest BCUT2D eigenvalue weighted by molar-refractivity contribution is 0.240. The highest BCUT2D eigenvalue weighted by Crippen LogP contribution is 2.27. The highest BCUT2D eigenvalue weighted by atomic mass is 19.1. The van der Waals surface area contributed by atoms with Crippen molar-refractivity contribution in [2.75, 3.05) is 5.73 Å². The van der Waals surface area contributed by atoms with Crippen molar-refractivity contribution in [1.82, 2.24) is 5.32 Å². The van der Waals surface area contributed by atoms with Crippen molar-refractivity contribution >= 4 is 5.69 Å². The maximum atomic E-state index is 13.6. The molecular weight excluding hydrogens is 227 g/mol. The lowest BCUT2D eigenvalue weighted by Gasteiger charge is -2.33. The summed E-state index contributed by atoms with van der Waals surface area (Å²) in [6.45, 7) is 11.4. The van der Waals surface area contributed by atoms with Gasteiger partial charge in [-0.2, -0.15) is 0 Å². The van der Waals surface area contributed by atoms with Crippen LogP contribution in [0.2, 0.25) is 0 Å². The van der Waals surface area contributed by atoms with Crippen LogP contribution in [0.1, 0.15) is 46.6 Å². The van der Waals surface area contributed by atoms with Crippen LogP contribution in [0.3, 0.4) is 0 Å². The van der Waals surface area contributed by atoms with Crippen molar-refractivity contribution in [3.63, 3.8) is 0 Å². The molecule has 0 bridgehead atoms. The van der Waals surface area contributed by atoms with Crippen LogP contribution in [0.5, 0.6) is 0 Å². The van der Waals surface area contributed by atoms with E-state index in [1.165, 1.54) is 6.07 Å². The third-order valence-electron chi connectivity index (χ3n) is 2.81. The molecule has 0 radical (unpaired) electrons. The maximum Gasteiger partial charge on any atom is 0.129 e. The zero-order valence-corrected chi connectivity index (χ0v) is 12.1. The summed E-state index contributed by atoms with van der Waals surface area (Å²) < 4.78 is 13.6. The molecule has 0 aliphatic heterocycles. The molecule has 0 aliphatic rings. The molecule has 1 aromatic carbocycles.